The van der Waals surface area contributed by atoms with Crippen molar-refractivity contribution in [2.75, 3.05) is 38.3 Å². The fourth-order valence-electron chi connectivity index (χ4n) is 8.15. The van der Waals surface area contributed by atoms with E-state index in [4.69, 9.17) is 9.47 Å². The molecule has 430 valence electrons. The summed E-state index contributed by atoms with van der Waals surface area (Å²) in [6.07, 6.45) is 3.78. The summed E-state index contributed by atoms with van der Waals surface area (Å²) in [5.74, 6) is -7.67. The average Bonchev–Trinajstić information content (AvgIpc) is 4.12. The lowest BCUT2D eigenvalue weighted by molar-refractivity contribution is -0.145. The molecule has 0 aliphatic carbocycles. The number of Topliss-reactive ketones (excluding diaryl/α,β-unsaturated/α-hetero) is 1. The third-order valence-corrected chi connectivity index (χ3v) is 13.3. The van der Waals surface area contributed by atoms with Crippen molar-refractivity contribution in [1.82, 2.24) is 51.4 Å². The van der Waals surface area contributed by atoms with Crippen LogP contribution in [0.4, 0.5) is 9.52 Å². The molecule has 0 saturated heterocycles. The minimum Gasteiger partial charge on any atom is -0.508 e. The molecule has 0 radical (unpaired) electrons. The number of phenolic OH excluding ortho intramolecular Hbond substituents is 2. The van der Waals surface area contributed by atoms with Gasteiger partial charge >= 0.3 is 11.9 Å². The first kappa shape index (κ1) is 62.5. The number of unbranched alkanes of at least 4 members (excludes halogenated alkanes) is 1. The van der Waals surface area contributed by atoms with Gasteiger partial charge in [0.25, 0.3) is 0 Å². The summed E-state index contributed by atoms with van der Waals surface area (Å²) in [5, 5.41) is 69.4. The smallest absolute Gasteiger partial charge is 0.326 e. The second kappa shape index (κ2) is 31.9. The lowest BCUT2D eigenvalue weighted by Crippen LogP contribution is -2.51. The Hall–Kier alpha value is -8.30. The molecule has 5 aromatic rings. The number of nitrogens with one attached hydrogen (secondary N) is 5. The number of aryl methyl sites for hydroxylation is 3. The highest BCUT2D eigenvalue weighted by Crippen LogP contribution is 2.38. The summed E-state index contributed by atoms with van der Waals surface area (Å²) in [5.41, 5.74) is 1.51. The van der Waals surface area contributed by atoms with Gasteiger partial charge in [-0.05, 0) is 99.4 Å². The maximum atomic E-state index is 13.5. The first-order chi connectivity index (χ1) is 38.3. The fourth-order valence-corrected chi connectivity index (χ4v) is 8.75. The van der Waals surface area contributed by atoms with Gasteiger partial charge in [0.1, 0.15) is 34.6 Å². The Bertz CT molecular complexity index is 2810. The van der Waals surface area contributed by atoms with Gasteiger partial charge in [0.05, 0.1) is 38.4 Å². The monoisotopic (exact) mass is 1130 g/mol. The van der Waals surface area contributed by atoms with Crippen LogP contribution in [0.15, 0.2) is 73.1 Å². The number of phenols is 2. The van der Waals surface area contributed by atoms with Gasteiger partial charge < -0.3 is 56.5 Å². The summed E-state index contributed by atoms with van der Waals surface area (Å²) in [6.45, 7) is 4.67. The molecule has 9 N–H and O–H groups in total. The van der Waals surface area contributed by atoms with Crippen LogP contribution in [0.1, 0.15) is 110 Å². The number of ether oxygens (including phenoxy) is 2. The number of anilines is 1. The lowest BCUT2D eigenvalue weighted by Gasteiger charge is -2.31. The third kappa shape index (κ3) is 21.5. The van der Waals surface area contributed by atoms with Crippen LogP contribution >= 0.6 is 11.3 Å². The lowest BCUT2D eigenvalue weighted by atomic mass is 9.73. The first-order valence-electron chi connectivity index (χ1n) is 25.8. The molecule has 0 fully saturated rings. The van der Waals surface area contributed by atoms with Gasteiger partial charge in [0, 0.05) is 62.3 Å². The molecule has 25 nitrogen and oxygen atoms in total. The van der Waals surface area contributed by atoms with Crippen molar-refractivity contribution < 1.29 is 72.6 Å². The molecule has 3 heterocycles. The van der Waals surface area contributed by atoms with E-state index in [2.05, 4.69) is 52.1 Å². The highest BCUT2D eigenvalue weighted by Gasteiger charge is 2.33. The molecule has 0 spiro atoms. The number of hydrogen-bond acceptors (Lipinski definition) is 18. The Morgan fingerprint density at radius 2 is 1.30 bits per heavy atom. The van der Waals surface area contributed by atoms with E-state index in [1.54, 1.807) is 42.1 Å². The van der Waals surface area contributed by atoms with Gasteiger partial charge in [0.15, 0.2) is 5.78 Å². The van der Waals surface area contributed by atoms with Crippen LogP contribution in [0.5, 0.6) is 11.5 Å². The molecule has 0 bridgehead atoms. The number of carboxylic acids is 2. The molecular formula is C53H66FN11O14S. The predicted octanol–water partition coefficient (Wildman–Crippen LogP) is 3.52. The number of aromatic hydroxyl groups is 2. The van der Waals surface area contributed by atoms with Crippen LogP contribution in [0.25, 0.3) is 0 Å². The number of hydrogen-bond donors (Lipinski definition) is 9. The molecule has 0 aliphatic rings. The number of aromatic nitrogens is 6. The van der Waals surface area contributed by atoms with Gasteiger partial charge in [-0.3, -0.25) is 33.4 Å². The molecule has 80 heavy (non-hydrogen) atoms. The van der Waals surface area contributed by atoms with Gasteiger partial charge in [-0.2, -0.15) is 4.39 Å². The maximum absolute atomic E-state index is 13.5. The van der Waals surface area contributed by atoms with Crippen LogP contribution in [-0.2, 0) is 61.4 Å². The topological polar surface area (TPSA) is 365 Å². The average molecular weight is 1130 g/mol. The highest BCUT2D eigenvalue weighted by molar-refractivity contribution is 7.15. The second-order valence-electron chi connectivity index (χ2n) is 18.8. The summed E-state index contributed by atoms with van der Waals surface area (Å²) < 4.78 is 25.7. The molecule has 3 aromatic heterocycles. The zero-order chi connectivity index (χ0) is 58.0. The number of carbonyl (C=O) groups is 8. The molecule has 0 saturated carbocycles. The number of amides is 5. The summed E-state index contributed by atoms with van der Waals surface area (Å²) >= 11 is 1.27. The number of rotatable bonds is 36. The molecule has 0 unspecified atom stereocenters. The number of nitrogens with zero attached hydrogens (tertiary/aromatic N) is 6. The predicted molar refractivity (Wildman–Crippen MR) is 285 cm³/mol. The van der Waals surface area contributed by atoms with Crippen molar-refractivity contribution in [2.45, 2.75) is 121 Å². The van der Waals surface area contributed by atoms with E-state index in [1.165, 1.54) is 47.9 Å². The number of halogens is 1. The van der Waals surface area contributed by atoms with Crippen molar-refractivity contribution in [3.8, 4) is 11.5 Å². The van der Waals surface area contributed by atoms with Crippen LogP contribution in [0.2, 0.25) is 0 Å². The fraction of sp³-hybridized carbons (Fsp3) is 0.453. The van der Waals surface area contributed by atoms with E-state index in [9.17, 15) is 63.2 Å². The number of pyridine rings is 1. The molecule has 3 atom stereocenters. The van der Waals surface area contributed by atoms with E-state index in [0.717, 1.165) is 11.1 Å². The van der Waals surface area contributed by atoms with Crippen LogP contribution in [0, 0.1) is 12.9 Å². The Morgan fingerprint density at radius 1 is 0.688 bits per heavy atom. The van der Waals surface area contributed by atoms with Gasteiger partial charge in [-0.25, -0.2) is 14.6 Å². The van der Waals surface area contributed by atoms with Crippen molar-refractivity contribution in [3.05, 3.63) is 106 Å². The second-order valence-corrected chi connectivity index (χ2v) is 20.0. The molecule has 5 amide bonds. The Labute approximate surface area is 463 Å². The molecule has 2 aromatic carbocycles. The quantitative estimate of drug-likeness (QED) is 0.0157. The number of aliphatic carboxylic acids is 2. The minimum atomic E-state index is -1.87. The zero-order valence-electron chi connectivity index (χ0n) is 44.2. The minimum absolute atomic E-state index is 0.0142. The number of carbonyl (C=O) groups excluding carboxylic acids is 6. The highest BCUT2D eigenvalue weighted by atomic mass is 32.1. The molecule has 5 rings (SSSR count). The van der Waals surface area contributed by atoms with Gasteiger partial charge in [-0.15, -0.1) is 15.3 Å². The van der Waals surface area contributed by atoms with Crippen LogP contribution in [-0.4, -0.2) is 149 Å². The number of carboxylic acid groups (broad SMARTS) is 2. The standard InChI is InChI=1S/C53H66FN11O14S/c1-33-61-63-52(80-33)60-45(69)10-5-7-37-32-65(64-62-37)24-4-3-8-40(49(73)55-23-26-79-28-27-78-25-6-9-43(68)34-11-20-44(54)56-31-34)57-47(71)30-42(51(76)77)59-48(72)29-41(50(74)75)58-46(70)21-22-53(2,35-12-16-38(66)17-13-35)36-14-18-39(67)19-15-36/h11-20,31-32,40-42,66-67H,3-10,21-30H2,1-2H3,(H,55,73)(H,57,71)(H,58,70)(H,59,72)(H,74,75)(H,76,77)(H,60,63,69)/t40-,41-,42-/m0/s1. The normalized spacial score (nSPS) is 12.4. The number of ketones is 1. The van der Waals surface area contributed by atoms with Gasteiger partial charge in [0.2, 0.25) is 40.6 Å². The Morgan fingerprint density at radius 3 is 1.89 bits per heavy atom. The van der Waals surface area contributed by atoms with Gasteiger partial charge in [-0.1, -0.05) is 47.7 Å². The van der Waals surface area contributed by atoms with E-state index in [0.29, 0.717) is 66.2 Å². The van der Waals surface area contributed by atoms with Crippen LogP contribution < -0.4 is 26.6 Å². The first-order valence-corrected chi connectivity index (χ1v) is 26.6. The molecular weight excluding hydrogens is 1070 g/mol. The Balaban J connectivity index is 1.10. The van der Waals surface area contributed by atoms with E-state index >= 15 is 0 Å². The summed E-state index contributed by atoms with van der Waals surface area (Å²) in [7, 11) is 0. The van der Waals surface area contributed by atoms with Crippen molar-refractivity contribution in [1.29, 1.82) is 0 Å². The van der Waals surface area contributed by atoms with E-state index in [-0.39, 0.29) is 88.3 Å². The van der Waals surface area contributed by atoms with Crippen LogP contribution in [0.3, 0.4) is 0 Å². The van der Waals surface area contributed by atoms with E-state index in [1.807, 2.05) is 6.92 Å². The SMILES string of the molecule is Cc1nnc(NC(=O)CCCc2cn(CCCC[C@H](NC(=O)C[C@H](NC(=O)C[C@H](NC(=O)CCC(C)(c3ccc(O)cc3)c3ccc(O)cc3)C(=O)O)C(=O)O)C(=O)NCCOCCOCCCC(=O)c3ccc(F)nc3)nn2)s1. The third-order valence-electron chi connectivity index (χ3n) is 12.5. The van der Waals surface area contributed by atoms with E-state index < -0.39 is 77.9 Å². The van der Waals surface area contributed by atoms with Crippen molar-refractivity contribution >= 4 is 63.7 Å². The maximum Gasteiger partial charge on any atom is 0.326 e. The largest absolute Gasteiger partial charge is 0.508 e. The summed E-state index contributed by atoms with van der Waals surface area (Å²) in [4.78, 5) is 106. The van der Waals surface area contributed by atoms with Crippen molar-refractivity contribution in [2.24, 2.45) is 0 Å². The number of benzene rings is 2. The van der Waals surface area contributed by atoms with Crippen molar-refractivity contribution in [3.63, 3.8) is 0 Å². The molecule has 0 aliphatic heterocycles. The molecule has 27 heteroatoms. The zero-order valence-corrected chi connectivity index (χ0v) is 45.0. The Kier molecular flexibility index (Phi) is 25.0. The summed E-state index contributed by atoms with van der Waals surface area (Å²) in [6, 6.07) is 10.2.